The van der Waals surface area contributed by atoms with E-state index in [4.69, 9.17) is 9.72 Å². The lowest BCUT2D eigenvalue weighted by Crippen LogP contribution is -2.24. The Balaban J connectivity index is 1.62. The molecule has 2 aromatic heterocycles. The summed E-state index contributed by atoms with van der Waals surface area (Å²) in [5.74, 6) is 1.26. The topological polar surface area (TPSA) is 90.5 Å². The van der Waals surface area contributed by atoms with Gasteiger partial charge in [-0.05, 0) is 87.2 Å². The van der Waals surface area contributed by atoms with E-state index in [1.54, 1.807) is 29.1 Å². The lowest BCUT2D eigenvalue weighted by atomic mass is 9.96. The summed E-state index contributed by atoms with van der Waals surface area (Å²) in [6.07, 6.45) is 1.64. The van der Waals surface area contributed by atoms with Gasteiger partial charge in [-0.2, -0.15) is 9.78 Å². The van der Waals surface area contributed by atoms with Gasteiger partial charge < -0.3 is 4.74 Å². The number of para-hydroxylation sites is 1. The van der Waals surface area contributed by atoms with Crippen molar-refractivity contribution in [2.75, 3.05) is 12.0 Å². The van der Waals surface area contributed by atoms with Gasteiger partial charge >= 0.3 is 0 Å². The van der Waals surface area contributed by atoms with E-state index < -0.39 is 0 Å². The molecule has 1 amide bonds. The van der Waals surface area contributed by atoms with Gasteiger partial charge in [0.25, 0.3) is 11.5 Å². The number of carbonyl (C=O) groups excluding carboxylic acids is 1. The summed E-state index contributed by atoms with van der Waals surface area (Å²) in [5, 5.41) is 5.17. The van der Waals surface area contributed by atoms with E-state index in [1.165, 1.54) is 4.68 Å². The minimum atomic E-state index is -0.266. The fourth-order valence-electron chi connectivity index (χ4n) is 5.04. The molecule has 0 radical (unpaired) electrons. The van der Waals surface area contributed by atoms with E-state index in [2.05, 4.69) is 30.4 Å². The van der Waals surface area contributed by atoms with Crippen molar-refractivity contribution in [3.8, 4) is 17.1 Å². The van der Waals surface area contributed by atoms with Crippen molar-refractivity contribution in [2.24, 2.45) is 5.10 Å². The summed E-state index contributed by atoms with van der Waals surface area (Å²) in [4.78, 5) is 31.6. The fourth-order valence-corrected chi connectivity index (χ4v) is 5.04. The smallest absolute Gasteiger partial charge is 0.282 e. The third kappa shape index (κ3) is 5.48. The molecule has 0 fully saturated rings. The quantitative estimate of drug-likeness (QED) is 0.217. The number of nitrogens with zero attached hydrogens (tertiary/aromatic N) is 4. The second-order valence-electron chi connectivity index (χ2n) is 10.6. The number of rotatable bonds is 8. The third-order valence-corrected chi connectivity index (χ3v) is 7.31. The molecule has 214 valence electrons. The maximum absolute atomic E-state index is 13.8. The minimum Gasteiger partial charge on any atom is -0.494 e. The Hall–Kier alpha value is -4.98. The Bertz CT molecular complexity index is 1870. The lowest BCUT2D eigenvalue weighted by Gasteiger charge is -2.18. The van der Waals surface area contributed by atoms with Crippen molar-refractivity contribution in [2.45, 2.75) is 47.5 Å². The highest BCUT2D eigenvalue weighted by molar-refractivity contribution is 6.00. The second-order valence-corrected chi connectivity index (χ2v) is 10.6. The van der Waals surface area contributed by atoms with Crippen molar-refractivity contribution in [3.05, 3.63) is 117 Å². The Kier molecular flexibility index (Phi) is 8.06. The molecule has 42 heavy (non-hydrogen) atoms. The zero-order valence-electron chi connectivity index (χ0n) is 24.8. The normalized spacial score (nSPS) is 11.5. The molecule has 8 heteroatoms. The molecule has 5 aromatic rings. The van der Waals surface area contributed by atoms with E-state index in [0.29, 0.717) is 28.9 Å². The molecule has 0 atom stereocenters. The highest BCUT2D eigenvalue weighted by Gasteiger charge is 2.19. The zero-order valence-corrected chi connectivity index (χ0v) is 24.8. The first-order valence-corrected chi connectivity index (χ1v) is 14.1. The number of aromatic nitrogens is 3. The number of benzene rings is 3. The Morgan fingerprint density at radius 1 is 1.02 bits per heavy atom. The molecule has 0 unspecified atom stereocenters. The number of aryl methyl sites for hydroxylation is 2. The van der Waals surface area contributed by atoms with Gasteiger partial charge in [-0.3, -0.25) is 19.7 Å². The van der Waals surface area contributed by atoms with Crippen LogP contribution in [0, 0.1) is 20.8 Å². The number of amides is 1. The molecule has 0 bridgehead atoms. The first-order valence-electron chi connectivity index (χ1n) is 14.1. The third-order valence-electron chi connectivity index (χ3n) is 7.31. The van der Waals surface area contributed by atoms with E-state index in [0.717, 1.165) is 39.4 Å². The number of ether oxygens (including phenoxy) is 1. The summed E-state index contributed by atoms with van der Waals surface area (Å²) < 4.78 is 9.02. The van der Waals surface area contributed by atoms with Crippen molar-refractivity contribution in [3.63, 3.8) is 0 Å². The van der Waals surface area contributed by atoms with Crippen LogP contribution in [0.4, 0.5) is 0 Å². The number of hydrogen-bond donors (Lipinski definition) is 1. The van der Waals surface area contributed by atoms with Gasteiger partial charge in [-0.25, -0.2) is 4.98 Å². The molecule has 0 saturated heterocycles. The Morgan fingerprint density at radius 2 is 1.74 bits per heavy atom. The SMILES string of the molecule is CCOc1cc(C)c(-c2nc3ccccc3c(=O)n2N=Cc2cc(C)n(NC(=O)c3ccccc3)c2C)cc1C(C)C. The van der Waals surface area contributed by atoms with Crippen LogP contribution in [-0.4, -0.2) is 33.1 Å². The average Bonchev–Trinajstić information content (AvgIpc) is 3.24. The van der Waals surface area contributed by atoms with Gasteiger partial charge in [-0.1, -0.05) is 44.2 Å². The zero-order chi connectivity index (χ0) is 30.0. The number of carbonyl (C=O) groups is 1. The van der Waals surface area contributed by atoms with Crippen LogP contribution in [0.1, 0.15) is 65.1 Å². The number of nitrogens with one attached hydrogen (secondary N) is 1. The van der Waals surface area contributed by atoms with Crippen molar-refractivity contribution >= 4 is 23.0 Å². The van der Waals surface area contributed by atoms with E-state index >= 15 is 0 Å². The molecule has 3 aromatic carbocycles. The number of hydrogen-bond acceptors (Lipinski definition) is 5. The fraction of sp³-hybridized carbons (Fsp3) is 0.235. The van der Waals surface area contributed by atoms with Crippen molar-refractivity contribution in [1.29, 1.82) is 0 Å². The standard InChI is InChI=1S/C34H35N5O3/c1-7-42-31-17-22(4)29(19-28(31)21(2)3)32-36-30-16-12-11-15-27(30)34(41)39(32)35-20-26-18-23(5)38(24(26)6)37-33(40)25-13-9-8-10-14-25/h8-21H,7H2,1-6H3,(H,37,40). The maximum atomic E-state index is 13.8. The minimum absolute atomic E-state index is 0.200. The molecule has 0 aliphatic heterocycles. The maximum Gasteiger partial charge on any atom is 0.282 e. The molecule has 8 nitrogen and oxygen atoms in total. The first-order chi connectivity index (χ1) is 20.2. The van der Waals surface area contributed by atoms with Gasteiger partial charge in [-0.15, -0.1) is 0 Å². The van der Waals surface area contributed by atoms with Crippen LogP contribution in [0.2, 0.25) is 0 Å². The number of fused-ring (bicyclic) bond motifs is 1. The average molecular weight is 562 g/mol. The van der Waals surface area contributed by atoms with Crippen LogP contribution < -0.4 is 15.7 Å². The monoisotopic (exact) mass is 561 g/mol. The predicted molar refractivity (Wildman–Crippen MR) is 168 cm³/mol. The van der Waals surface area contributed by atoms with E-state index in [-0.39, 0.29) is 17.4 Å². The van der Waals surface area contributed by atoms with E-state index in [1.807, 2.05) is 76.2 Å². The van der Waals surface area contributed by atoms with Gasteiger partial charge in [0, 0.05) is 28.1 Å². The van der Waals surface area contributed by atoms with Crippen LogP contribution in [0.5, 0.6) is 5.75 Å². The summed E-state index contributed by atoms with van der Waals surface area (Å²) in [6, 6.07) is 22.3. The predicted octanol–water partition coefficient (Wildman–Crippen LogP) is 6.58. The molecular weight excluding hydrogens is 526 g/mol. The summed E-state index contributed by atoms with van der Waals surface area (Å²) >= 11 is 0. The summed E-state index contributed by atoms with van der Waals surface area (Å²) in [6.45, 7) is 12.5. The molecule has 0 aliphatic carbocycles. The highest BCUT2D eigenvalue weighted by Crippen LogP contribution is 2.34. The van der Waals surface area contributed by atoms with Gasteiger partial charge in [0.1, 0.15) is 5.75 Å². The van der Waals surface area contributed by atoms with Gasteiger partial charge in [0.15, 0.2) is 5.82 Å². The molecule has 5 rings (SSSR count). The summed E-state index contributed by atoms with van der Waals surface area (Å²) in [7, 11) is 0. The van der Waals surface area contributed by atoms with Crippen LogP contribution in [0.3, 0.4) is 0 Å². The van der Waals surface area contributed by atoms with Crippen LogP contribution in [0.15, 0.2) is 82.7 Å². The molecular formula is C34H35N5O3. The Morgan fingerprint density at radius 3 is 2.45 bits per heavy atom. The van der Waals surface area contributed by atoms with Crippen molar-refractivity contribution in [1.82, 2.24) is 14.3 Å². The largest absolute Gasteiger partial charge is 0.494 e. The molecule has 0 saturated carbocycles. The molecule has 0 spiro atoms. The molecule has 2 heterocycles. The highest BCUT2D eigenvalue weighted by atomic mass is 16.5. The molecule has 1 N–H and O–H groups in total. The van der Waals surface area contributed by atoms with Crippen LogP contribution in [-0.2, 0) is 0 Å². The van der Waals surface area contributed by atoms with Crippen LogP contribution in [0.25, 0.3) is 22.3 Å². The lowest BCUT2D eigenvalue weighted by molar-refractivity contribution is 0.101. The van der Waals surface area contributed by atoms with Crippen molar-refractivity contribution < 1.29 is 9.53 Å². The van der Waals surface area contributed by atoms with Gasteiger partial charge in [0.05, 0.1) is 23.7 Å². The summed E-state index contributed by atoms with van der Waals surface area (Å²) in [5.41, 5.74) is 8.98. The molecule has 0 aliphatic rings. The first kappa shape index (κ1) is 28.5. The van der Waals surface area contributed by atoms with E-state index in [9.17, 15) is 9.59 Å². The second kappa shape index (κ2) is 11.9. The van der Waals surface area contributed by atoms with Crippen LogP contribution >= 0.6 is 0 Å². The Labute approximate surface area is 245 Å². The van der Waals surface area contributed by atoms with Gasteiger partial charge in [0.2, 0.25) is 0 Å².